The summed E-state index contributed by atoms with van der Waals surface area (Å²) in [5.41, 5.74) is 10.1. The lowest BCUT2D eigenvalue weighted by molar-refractivity contribution is -0.311. The average molecular weight is 1650 g/mol. The van der Waals surface area contributed by atoms with Gasteiger partial charge in [0.1, 0.15) is 36.8 Å². The molecular formula is C81H110N6O26S2. The van der Waals surface area contributed by atoms with Crippen LogP contribution < -0.4 is 37.1 Å². The highest BCUT2D eigenvalue weighted by Crippen LogP contribution is 2.37. The Labute approximate surface area is 677 Å². The fourth-order valence-corrected chi connectivity index (χ4v) is 14.1. The summed E-state index contributed by atoms with van der Waals surface area (Å²) in [6.45, 7) is 5.24. The summed E-state index contributed by atoms with van der Waals surface area (Å²) < 4.78 is 68.1. The van der Waals surface area contributed by atoms with E-state index in [2.05, 4.69) is 26.6 Å². The smallest absolute Gasteiger partial charge is 0.366 e. The third-order valence-electron chi connectivity index (χ3n) is 18.3. The van der Waals surface area contributed by atoms with Gasteiger partial charge in [0, 0.05) is 81.7 Å². The van der Waals surface area contributed by atoms with Gasteiger partial charge in [0.25, 0.3) is 29.3 Å². The van der Waals surface area contributed by atoms with Crippen LogP contribution in [0.4, 0.5) is 0 Å². The maximum Gasteiger partial charge on any atom is 0.366 e. The number of nitrogens with one attached hydrogen (secondary N) is 5. The minimum atomic E-state index is -2.30. The molecule has 115 heavy (non-hydrogen) atoms. The number of ketones is 1. The van der Waals surface area contributed by atoms with Crippen molar-refractivity contribution in [2.24, 2.45) is 5.73 Å². The Morgan fingerprint density at radius 2 is 0.861 bits per heavy atom. The van der Waals surface area contributed by atoms with Crippen LogP contribution in [-0.2, 0) is 71.3 Å². The van der Waals surface area contributed by atoms with Gasteiger partial charge in [0.2, 0.25) is 11.8 Å². The number of Topliss-reactive ketones (excluding diaryl/α,β-unsaturated/α-hetero) is 1. The number of hydrogen-bond donors (Lipinski definition) is 12. The van der Waals surface area contributed by atoms with Crippen LogP contribution in [0, 0.1) is 0 Å². The molecule has 632 valence electrons. The minimum Gasteiger partial charge on any atom is -0.490 e. The topological polar surface area (TPSA) is 455 Å². The van der Waals surface area contributed by atoms with E-state index in [-0.39, 0.29) is 86.4 Å². The van der Waals surface area contributed by atoms with Gasteiger partial charge in [0.05, 0.1) is 136 Å². The number of thioether (sulfide) groups is 2. The molecule has 34 heteroatoms. The van der Waals surface area contributed by atoms with Crippen LogP contribution >= 0.6 is 23.5 Å². The van der Waals surface area contributed by atoms with Gasteiger partial charge >= 0.3 is 11.9 Å². The van der Waals surface area contributed by atoms with Gasteiger partial charge in [0.15, 0.2) is 5.78 Å². The number of esters is 2. The molecule has 0 unspecified atom stereocenters. The third kappa shape index (κ3) is 30.4. The summed E-state index contributed by atoms with van der Waals surface area (Å²) in [6.07, 6.45) is -13.6. The van der Waals surface area contributed by atoms with Crippen molar-refractivity contribution in [1.82, 2.24) is 26.6 Å². The molecule has 0 radical (unpaired) electrons. The van der Waals surface area contributed by atoms with Crippen LogP contribution in [0.3, 0.4) is 0 Å². The molecule has 0 saturated carbocycles. The molecule has 2 heterocycles. The molecule has 0 spiro atoms. The first-order valence-electron chi connectivity index (χ1n) is 38.2. The van der Waals surface area contributed by atoms with Crippen LogP contribution in [0.25, 0.3) is 22.3 Å². The highest BCUT2D eigenvalue weighted by Gasteiger charge is 2.58. The molecule has 13 N–H and O–H groups in total. The predicted octanol–water partition coefficient (Wildman–Crippen LogP) is 2.76. The van der Waals surface area contributed by atoms with Crippen molar-refractivity contribution in [2.45, 2.75) is 125 Å². The van der Waals surface area contributed by atoms with Gasteiger partial charge in [-0.3, -0.25) is 28.8 Å². The number of benzene rings is 5. The molecule has 0 bridgehead atoms. The van der Waals surface area contributed by atoms with Crippen molar-refractivity contribution in [3.8, 4) is 28.0 Å². The van der Waals surface area contributed by atoms with E-state index >= 15 is 0 Å². The number of amides is 5. The second kappa shape index (κ2) is 50.5. The number of hydrogen-bond acceptors (Lipinski definition) is 29. The van der Waals surface area contributed by atoms with E-state index in [1.54, 1.807) is 48.5 Å². The second-order valence-corrected chi connectivity index (χ2v) is 29.3. The Balaban J connectivity index is 0.876. The van der Waals surface area contributed by atoms with Gasteiger partial charge in [-0.1, -0.05) is 84.9 Å². The first kappa shape index (κ1) is 94.1. The highest BCUT2D eigenvalue weighted by atomic mass is 32.2. The molecule has 0 aliphatic carbocycles. The van der Waals surface area contributed by atoms with Crippen molar-refractivity contribution < 1.29 is 126 Å². The molecular weight excluding hydrogens is 1540 g/mol. The van der Waals surface area contributed by atoms with Crippen molar-refractivity contribution in [3.63, 3.8) is 0 Å². The molecule has 5 aromatic rings. The first-order chi connectivity index (χ1) is 55.5. The molecule has 7 rings (SSSR count). The van der Waals surface area contributed by atoms with Crippen molar-refractivity contribution in [1.29, 1.82) is 0 Å². The fourth-order valence-electron chi connectivity index (χ4n) is 12.5. The Kier molecular flexibility index (Phi) is 41.3. The zero-order valence-corrected chi connectivity index (χ0v) is 66.9. The molecule has 5 amide bonds. The molecule has 2 aliphatic rings. The largest absolute Gasteiger partial charge is 0.490 e. The summed E-state index contributed by atoms with van der Waals surface area (Å²) in [4.78, 5) is 106. The normalized spacial score (nSPS) is 20.3. The lowest BCUT2D eigenvalue weighted by Gasteiger charge is -2.47. The Bertz CT molecular complexity index is 3790. The number of carbonyl (C=O) groups is 8. The van der Waals surface area contributed by atoms with Crippen molar-refractivity contribution in [2.75, 3.05) is 149 Å². The highest BCUT2D eigenvalue weighted by molar-refractivity contribution is 7.99. The van der Waals surface area contributed by atoms with Gasteiger partial charge in [-0.2, -0.15) is 23.5 Å². The van der Waals surface area contributed by atoms with Gasteiger partial charge in [-0.15, -0.1) is 0 Å². The quantitative estimate of drug-likeness (QED) is 0.0151. The zero-order valence-electron chi connectivity index (χ0n) is 65.2. The minimum absolute atomic E-state index is 0.0145. The zero-order chi connectivity index (χ0) is 83.0. The summed E-state index contributed by atoms with van der Waals surface area (Å²) in [5, 5.41) is 81.5. The fraction of sp³-hybridized carbons (Fsp3) is 0.531. The maximum atomic E-state index is 14.0. The van der Waals surface area contributed by atoms with Crippen LogP contribution in [0.1, 0.15) is 93.8 Å². The van der Waals surface area contributed by atoms with E-state index in [4.69, 9.17) is 62.6 Å². The van der Waals surface area contributed by atoms with E-state index in [1.165, 1.54) is 55.6 Å². The van der Waals surface area contributed by atoms with Crippen molar-refractivity contribution >= 4 is 70.8 Å². The molecule has 2 fully saturated rings. The third-order valence-corrected chi connectivity index (χ3v) is 20.6. The number of methoxy groups -OCH3 is 2. The molecule has 2 saturated heterocycles. The number of aliphatic hydroxyl groups excluding tert-OH is 6. The second-order valence-electron chi connectivity index (χ2n) is 26.9. The number of nitrogens with two attached hydrogens (primary N) is 1. The lowest BCUT2D eigenvalue weighted by atomic mass is 9.88. The van der Waals surface area contributed by atoms with Crippen molar-refractivity contribution in [3.05, 3.63) is 150 Å². The first-order valence-corrected chi connectivity index (χ1v) is 40.5. The monoisotopic (exact) mass is 1650 g/mol. The molecule has 12 atom stereocenters. The van der Waals surface area contributed by atoms with E-state index < -0.39 is 140 Å². The number of carbonyl (C=O) groups excluding carboxylic acids is 8. The SMILES string of the molecule is COC(=O)[C@@]1(OCCCSCCCC(=O)c2ccc(C(=O)NCCSCCCO[C@]3(C(=O)OC)C[C@H](O)[C@@H](NC(C)=O)[C@H]([C@H](O)[C@H](O)CNC(=O)c4ccc(-c5ccccc5)cc4)O3)cc2OCCOCCOCCOCCOCCOCCN)C[C@H](O)[C@@H](NC(C)=O)[C@H]([C@H](O)[C@H](O)CNC(=O)c2ccc(-c3ccccc3)cc2)O1. The van der Waals surface area contributed by atoms with Crippen LogP contribution in [0.15, 0.2) is 127 Å². The van der Waals surface area contributed by atoms with Gasteiger partial charge in [-0.25, -0.2) is 9.59 Å². The van der Waals surface area contributed by atoms with Crippen LogP contribution in [0.2, 0.25) is 0 Å². The Hall–Kier alpha value is -8.08. The average Bonchev–Trinajstić information content (AvgIpc) is 0.770. The number of rotatable bonds is 53. The molecule has 32 nitrogen and oxygen atoms in total. The Morgan fingerprint density at radius 3 is 1.28 bits per heavy atom. The van der Waals surface area contributed by atoms with Gasteiger partial charge < -0.3 is 120 Å². The standard InChI is InChI=1S/C81H110N6O26S2/c1-53(88)86-69-64(91)49-80(78(100)102-3,112-73(69)71(95)66(93)51-84-75(97)59-23-19-57(20-24-59)55-14-7-5-8-15-55)110-31-12-45-114-44-11-18-63(90)62-28-27-61(48-68(62)109-43-42-108-41-40-107-39-38-106-37-36-105-35-34-104-33-29-82)77(99)83-30-47-115-46-13-32-111-81(79(101)103-4)50-65(92)70(87-54(2)89)74(113-81)72(96)67(94)52-85-76(98)60-25-21-58(22-26-60)56-16-9-6-10-17-56/h5-10,14-17,19-28,48,64-67,69-74,91-96H,11-13,18,29-47,49-52,82H2,1-4H3,(H,83,99)(H,84,97)(H,85,98)(H,86,88)(H,87,89)/t64-,65-,66+,67+,69+,70+,71+,72+,73+,74+,80+,81+/m0/s1. The number of ether oxygens (including phenoxy) is 12. The summed E-state index contributed by atoms with van der Waals surface area (Å²) in [7, 11) is 2.16. The number of aliphatic hydroxyl groups is 6. The summed E-state index contributed by atoms with van der Waals surface area (Å²) >= 11 is 2.93. The molecule has 5 aromatic carbocycles. The van der Waals surface area contributed by atoms with Gasteiger partial charge in [-0.05, 0) is 101 Å². The predicted molar refractivity (Wildman–Crippen MR) is 425 cm³/mol. The van der Waals surface area contributed by atoms with E-state index in [0.29, 0.717) is 95.1 Å². The van der Waals surface area contributed by atoms with E-state index in [9.17, 15) is 69.0 Å². The van der Waals surface area contributed by atoms with Crippen LogP contribution in [0.5, 0.6) is 5.75 Å². The molecule has 2 aliphatic heterocycles. The van der Waals surface area contributed by atoms with Crippen LogP contribution in [-0.4, -0.2) is 300 Å². The maximum absolute atomic E-state index is 14.0. The molecule has 0 aromatic heterocycles. The van der Waals surface area contributed by atoms with E-state index in [0.717, 1.165) is 36.5 Å². The van der Waals surface area contributed by atoms with E-state index in [1.807, 2.05) is 60.7 Å². The Morgan fingerprint density at radius 1 is 0.478 bits per heavy atom. The summed E-state index contributed by atoms with van der Waals surface area (Å²) in [6, 6.07) is 34.4. The lowest BCUT2D eigenvalue weighted by Crippen LogP contribution is -2.68. The summed E-state index contributed by atoms with van der Waals surface area (Å²) in [5.74, 6) is -7.74.